The van der Waals surface area contributed by atoms with Crippen LogP contribution < -0.4 is 58.0 Å². The third kappa shape index (κ3) is 23.2. The van der Waals surface area contributed by atoms with Crippen LogP contribution in [0, 0.1) is 10.1 Å². The lowest BCUT2D eigenvalue weighted by Gasteiger charge is -2.22. The second-order valence-corrected chi connectivity index (χ2v) is 29.6. The van der Waals surface area contributed by atoms with Gasteiger partial charge in [-0.3, -0.25) is 26.1 Å². The number of benzene rings is 7. The van der Waals surface area contributed by atoms with E-state index in [0.717, 1.165) is 27.9 Å². The SMILES string of the molecule is CC(C)OC(=O)Nc1ccc(-c2ncc(-c3ccc(NC(=O)NCc4cccc(N)c4)cc3S(=O)(=O)NC(C)(C)C)s2)cc1.CC(C)OC(=O)Nc1ccc(-c2ncc(-c3ccc(NC(=O)Oc4ccc([N+](=O)[O-])cc4)cc3S(=O)(=O)NC(C)(C)C)s2)cc1.NCc1cccc(N)c1. The molecule has 98 heavy (non-hydrogen) atoms. The summed E-state index contributed by atoms with van der Waals surface area (Å²) in [6, 6.07) is 42.3. The number of nitro benzene ring substituents is 1. The Morgan fingerprint density at radius 1 is 0.541 bits per heavy atom. The Bertz CT molecular complexity index is 4520. The van der Waals surface area contributed by atoms with Crippen molar-refractivity contribution in [1.82, 2.24) is 24.7 Å². The summed E-state index contributed by atoms with van der Waals surface area (Å²) in [4.78, 5) is 69.4. The van der Waals surface area contributed by atoms with Gasteiger partial charge in [0.25, 0.3) is 5.69 Å². The summed E-state index contributed by atoms with van der Waals surface area (Å²) in [5, 5.41) is 25.4. The van der Waals surface area contributed by atoms with Gasteiger partial charge in [-0.25, -0.2) is 55.4 Å². The second kappa shape index (κ2) is 33.1. The van der Waals surface area contributed by atoms with Gasteiger partial charge in [0.2, 0.25) is 20.0 Å². The number of nitro groups is 1. The minimum Gasteiger partial charge on any atom is -0.447 e. The lowest BCUT2D eigenvalue weighted by Crippen LogP contribution is -2.40. The number of hydrogen-bond acceptors (Lipinski definition) is 20. The molecule has 0 spiro atoms. The van der Waals surface area contributed by atoms with Gasteiger partial charge in [-0.1, -0.05) is 36.4 Å². The first-order valence-electron chi connectivity index (χ1n) is 30.2. The molecule has 0 unspecified atom stereocenters. The number of non-ortho nitro benzene ring substituents is 1. The molecular formula is C68H77N13O13S4. The van der Waals surface area contributed by atoms with Gasteiger partial charge >= 0.3 is 24.3 Å². The van der Waals surface area contributed by atoms with Crippen LogP contribution in [0.15, 0.2) is 180 Å². The molecule has 9 aromatic rings. The first-order valence-corrected chi connectivity index (χ1v) is 34.8. The third-order valence-corrected chi connectivity index (χ3v) is 18.5. The summed E-state index contributed by atoms with van der Waals surface area (Å²) in [6.07, 6.45) is 0.655. The lowest BCUT2D eigenvalue weighted by atomic mass is 10.1. The fourth-order valence-electron chi connectivity index (χ4n) is 8.81. The zero-order valence-electron chi connectivity index (χ0n) is 55.2. The molecule has 0 aliphatic rings. The molecule has 2 aromatic heterocycles. The van der Waals surface area contributed by atoms with Gasteiger partial charge in [-0.2, -0.15) is 0 Å². The van der Waals surface area contributed by atoms with Crippen molar-refractivity contribution < 1.29 is 55.1 Å². The Morgan fingerprint density at radius 2 is 0.949 bits per heavy atom. The third-order valence-electron chi connectivity index (χ3n) is 12.8. The number of ether oxygens (including phenoxy) is 3. The highest BCUT2D eigenvalue weighted by molar-refractivity contribution is 7.90. The van der Waals surface area contributed by atoms with E-state index in [2.05, 4.69) is 46.0 Å². The molecule has 0 radical (unpaired) electrons. The molecule has 0 saturated heterocycles. The van der Waals surface area contributed by atoms with E-state index < -0.39 is 60.4 Å². The smallest absolute Gasteiger partial charge is 0.417 e. The predicted molar refractivity (Wildman–Crippen MR) is 385 cm³/mol. The standard InChI is InChI=1S/C31H36N6O5S2.C30H31N5O8S2.C7H10N2/c1-19(2)42-30(39)36-23-11-9-21(10-12-23)28-33-18-26(43-28)25-14-13-24(16-27(25)44(40,41)37-31(3,4)5)35-29(38)34-17-20-7-6-8-22(32)15-20;1-18(2)42-28(36)32-20-8-6-19(7-9-20)27-31-17-25(44-27)24-15-10-21(16-26(24)45(40,41)34-30(3,4)5)33-29(37)43-23-13-11-22(12-14-23)35(38)39;8-5-6-2-1-3-7(9)4-6/h6-16,18-19,37H,17,32H2,1-5H3,(H,36,39)(H2,34,35,38);6-18,34H,1-5H3,(H,32,36)(H,33,37);1-4H,5,8-9H2. The maximum absolute atomic E-state index is 13.6. The van der Waals surface area contributed by atoms with Crippen LogP contribution in [0.1, 0.15) is 80.4 Å². The van der Waals surface area contributed by atoms with Crippen LogP contribution in [-0.4, -0.2) is 79.3 Å². The number of nitrogens with one attached hydrogen (secondary N) is 7. The largest absolute Gasteiger partial charge is 0.447 e. The minimum absolute atomic E-state index is 0.000490. The fraction of sp³-hybridized carbons (Fsp3) is 0.235. The number of thiazole rings is 2. The lowest BCUT2D eigenvalue weighted by molar-refractivity contribution is -0.384. The Morgan fingerprint density at radius 3 is 1.35 bits per heavy atom. The number of rotatable bonds is 19. The molecule has 7 aromatic carbocycles. The monoisotopic (exact) mass is 1410 g/mol. The van der Waals surface area contributed by atoms with E-state index in [1.807, 2.05) is 42.5 Å². The molecule has 5 amide bonds. The van der Waals surface area contributed by atoms with E-state index in [9.17, 15) is 46.1 Å². The zero-order valence-corrected chi connectivity index (χ0v) is 58.5. The topological polar surface area (TPSA) is 395 Å². The van der Waals surface area contributed by atoms with E-state index >= 15 is 0 Å². The number of carbonyl (C=O) groups is 4. The first kappa shape index (κ1) is 75.0. The van der Waals surface area contributed by atoms with Gasteiger partial charge in [0.15, 0.2) is 0 Å². The number of nitrogen functional groups attached to an aromatic ring is 2. The van der Waals surface area contributed by atoms with Crippen LogP contribution in [0.25, 0.3) is 42.0 Å². The van der Waals surface area contributed by atoms with Crippen LogP contribution >= 0.6 is 22.7 Å². The molecule has 30 heteroatoms. The molecule has 26 nitrogen and oxygen atoms in total. The molecular weight excluding hydrogens is 1340 g/mol. The molecule has 2 heterocycles. The molecule has 0 fully saturated rings. The van der Waals surface area contributed by atoms with Crippen molar-refractivity contribution in [3.8, 4) is 47.8 Å². The Labute approximate surface area is 576 Å². The van der Waals surface area contributed by atoms with Crippen LogP contribution in [0.5, 0.6) is 5.75 Å². The molecule has 9 rings (SSSR count). The van der Waals surface area contributed by atoms with Crippen molar-refractivity contribution in [1.29, 1.82) is 0 Å². The van der Waals surface area contributed by atoms with Crippen LogP contribution in [-0.2, 0) is 42.6 Å². The van der Waals surface area contributed by atoms with Gasteiger partial charge in [0.1, 0.15) is 15.8 Å². The number of anilines is 6. The summed E-state index contributed by atoms with van der Waals surface area (Å²) >= 11 is 2.58. The molecule has 0 saturated carbocycles. The highest BCUT2D eigenvalue weighted by atomic mass is 32.2. The highest BCUT2D eigenvalue weighted by Crippen LogP contribution is 2.40. The number of nitrogens with two attached hydrogens (primary N) is 3. The molecule has 516 valence electrons. The summed E-state index contributed by atoms with van der Waals surface area (Å²) in [5.74, 6) is 0.0634. The molecule has 13 N–H and O–H groups in total. The number of carbonyl (C=O) groups excluding carboxylic acids is 4. The molecule has 0 atom stereocenters. The second-order valence-electron chi connectivity index (χ2n) is 24.3. The Hall–Kier alpha value is -10.3. The maximum Gasteiger partial charge on any atom is 0.417 e. The van der Waals surface area contributed by atoms with Crippen LogP contribution in [0.3, 0.4) is 0 Å². The minimum atomic E-state index is -4.09. The van der Waals surface area contributed by atoms with Crippen molar-refractivity contribution in [3.05, 3.63) is 191 Å². The average molecular weight is 1410 g/mol. The summed E-state index contributed by atoms with van der Waals surface area (Å²) in [6.45, 7) is 18.2. The van der Waals surface area contributed by atoms with Gasteiger partial charge in [-0.05, 0) is 190 Å². The Balaban J connectivity index is 0.000000244. The van der Waals surface area contributed by atoms with E-state index in [-0.39, 0.29) is 45.7 Å². The summed E-state index contributed by atoms with van der Waals surface area (Å²) in [7, 11) is -8.09. The fourth-order valence-corrected chi connectivity index (χ4v) is 14.2. The van der Waals surface area contributed by atoms with E-state index in [1.54, 1.807) is 154 Å². The van der Waals surface area contributed by atoms with Gasteiger partial charge < -0.3 is 42.0 Å². The average Bonchev–Trinajstić information content (AvgIpc) is 1.36. The highest BCUT2D eigenvalue weighted by Gasteiger charge is 2.29. The van der Waals surface area contributed by atoms with Gasteiger partial charge in [0, 0.05) is 105 Å². The summed E-state index contributed by atoms with van der Waals surface area (Å²) in [5.41, 5.74) is 22.1. The van der Waals surface area contributed by atoms with Crippen molar-refractivity contribution in [2.75, 3.05) is 32.7 Å². The van der Waals surface area contributed by atoms with E-state index in [4.69, 9.17) is 31.4 Å². The number of urea groups is 1. The van der Waals surface area contributed by atoms with Gasteiger partial charge in [-0.15, -0.1) is 22.7 Å². The number of hydrogen-bond donors (Lipinski definition) is 10. The summed E-state index contributed by atoms with van der Waals surface area (Å²) < 4.78 is 75.0. The normalized spacial score (nSPS) is 11.4. The number of amides is 5. The van der Waals surface area contributed by atoms with E-state index in [1.165, 1.54) is 65.1 Å². The number of aromatic nitrogens is 2. The molecule has 0 aliphatic heterocycles. The van der Waals surface area contributed by atoms with E-state index in [0.29, 0.717) is 60.2 Å². The van der Waals surface area contributed by atoms with Crippen LogP contribution in [0.4, 0.5) is 59.0 Å². The van der Waals surface area contributed by atoms with Crippen LogP contribution in [0.2, 0.25) is 0 Å². The zero-order chi connectivity index (χ0) is 71.7. The quantitative estimate of drug-likeness (QED) is 0.0204. The van der Waals surface area contributed by atoms with Gasteiger partial charge in [0.05, 0.1) is 36.7 Å². The molecule has 0 bridgehead atoms. The van der Waals surface area contributed by atoms with Crippen molar-refractivity contribution in [3.63, 3.8) is 0 Å². The molecule has 0 aliphatic carbocycles. The van der Waals surface area contributed by atoms with Crippen molar-refractivity contribution >= 4 is 107 Å². The Kier molecular flexibility index (Phi) is 25.3. The number of sulfonamides is 2. The van der Waals surface area contributed by atoms with Crippen molar-refractivity contribution in [2.45, 2.75) is 115 Å². The maximum atomic E-state index is 13.6. The number of nitrogens with zero attached hydrogens (tertiary/aromatic N) is 3. The van der Waals surface area contributed by atoms with Crippen molar-refractivity contribution in [2.24, 2.45) is 5.73 Å². The predicted octanol–water partition coefficient (Wildman–Crippen LogP) is 14.2. The first-order chi connectivity index (χ1) is 46.1.